The van der Waals surface area contributed by atoms with E-state index in [0.717, 1.165) is 25.1 Å². The minimum atomic E-state index is 0.0187. The Labute approximate surface area is 107 Å². The van der Waals surface area contributed by atoms with Gasteiger partial charge in [0.1, 0.15) is 5.75 Å². The quantitative estimate of drug-likeness (QED) is 0.878. The maximum atomic E-state index is 11.8. The molecular formula is C14H19NO3. The Morgan fingerprint density at radius 1 is 1.44 bits per heavy atom. The molecule has 1 atom stereocenters. The first kappa shape index (κ1) is 12.9. The van der Waals surface area contributed by atoms with Crippen LogP contribution in [0.15, 0.2) is 24.3 Å². The Morgan fingerprint density at radius 3 is 2.72 bits per heavy atom. The lowest BCUT2D eigenvalue weighted by Crippen LogP contribution is -2.32. The number of aliphatic hydroxyl groups excluding tert-OH is 1. The standard InChI is InChI=1S/C14H19NO3/c1-11-6-7-15(8-11)14(17)10-18-13-4-2-12(9-16)3-5-13/h2-5,11,16H,6-10H2,1H3. The molecule has 1 unspecified atom stereocenters. The first-order valence-corrected chi connectivity index (χ1v) is 6.29. The molecule has 98 valence electrons. The summed E-state index contributed by atoms with van der Waals surface area (Å²) in [7, 11) is 0. The molecule has 18 heavy (non-hydrogen) atoms. The normalized spacial score (nSPS) is 19.0. The van der Waals surface area contributed by atoms with E-state index in [9.17, 15) is 4.79 Å². The van der Waals surface area contributed by atoms with Gasteiger partial charge in [-0.15, -0.1) is 0 Å². The maximum Gasteiger partial charge on any atom is 0.260 e. The molecule has 1 saturated heterocycles. The molecule has 0 aliphatic carbocycles. The fraction of sp³-hybridized carbons (Fsp3) is 0.500. The summed E-state index contributed by atoms with van der Waals surface area (Å²) in [5, 5.41) is 8.91. The van der Waals surface area contributed by atoms with Gasteiger partial charge >= 0.3 is 0 Å². The second kappa shape index (κ2) is 5.87. The second-order valence-electron chi connectivity index (χ2n) is 4.82. The van der Waals surface area contributed by atoms with Crippen LogP contribution in [0.2, 0.25) is 0 Å². The number of rotatable bonds is 4. The lowest BCUT2D eigenvalue weighted by molar-refractivity contribution is -0.132. The number of amides is 1. The number of carbonyl (C=O) groups excluding carboxylic acids is 1. The average molecular weight is 249 g/mol. The summed E-state index contributed by atoms with van der Waals surface area (Å²) < 4.78 is 5.44. The van der Waals surface area contributed by atoms with E-state index in [-0.39, 0.29) is 19.1 Å². The molecule has 0 saturated carbocycles. The average Bonchev–Trinajstić information content (AvgIpc) is 2.83. The predicted octanol–water partition coefficient (Wildman–Crippen LogP) is 1.43. The van der Waals surface area contributed by atoms with Crippen LogP contribution in [0.1, 0.15) is 18.9 Å². The zero-order chi connectivity index (χ0) is 13.0. The third-order valence-corrected chi connectivity index (χ3v) is 3.24. The lowest BCUT2D eigenvalue weighted by Gasteiger charge is -2.16. The SMILES string of the molecule is CC1CCN(C(=O)COc2ccc(CO)cc2)C1. The molecule has 0 spiro atoms. The van der Waals surface area contributed by atoms with Crippen molar-refractivity contribution in [3.05, 3.63) is 29.8 Å². The molecule has 2 rings (SSSR count). The molecule has 4 nitrogen and oxygen atoms in total. The molecule has 1 amide bonds. The van der Waals surface area contributed by atoms with Crippen molar-refractivity contribution >= 4 is 5.91 Å². The summed E-state index contributed by atoms with van der Waals surface area (Å²) in [5.74, 6) is 1.30. The van der Waals surface area contributed by atoms with Crippen molar-refractivity contribution in [3.63, 3.8) is 0 Å². The van der Waals surface area contributed by atoms with Gasteiger partial charge in [0.2, 0.25) is 0 Å². The van der Waals surface area contributed by atoms with E-state index in [4.69, 9.17) is 9.84 Å². The Bertz CT molecular complexity index is 402. The van der Waals surface area contributed by atoms with E-state index in [1.807, 2.05) is 4.90 Å². The van der Waals surface area contributed by atoms with E-state index >= 15 is 0 Å². The highest BCUT2D eigenvalue weighted by Gasteiger charge is 2.23. The van der Waals surface area contributed by atoms with Crippen LogP contribution in [-0.2, 0) is 11.4 Å². The fourth-order valence-electron chi connectivity index (χ4n) is 2.09. The monoisotopic (exact) mass is 249 g/mol. The van der Waals surface area contributed by atoms with Crippen LogP contribution >= 0.6 is 0 Å². The Hall–Kier alpha value is -1.55. The van der Waals surface area contributed by atoms with Gasteiger partial charge in [-0.3, -0.25) is 4.79 Å². The van der Waals surface area contributed by atoms with Crippen LogP contribution in [-0.4, -0.2) is 35.6 Å². The molecule has 1 N–H and O–H groups in total. The first-order valence-electron chi connectivity index (χ1n) is 6.29. The van der Waals surface area contributed by atoms with E-state index in [0.29, 0.717) is 11.7 Å². The van der Waals surface area contributed by atoms with Gasteiger partial charge in [0, 0.05) is 13.1 Å². The summed E-state index contributed by atoms with van der Waals surface area (Å²) >= 11 is 0. The largest absolute Gasteiger partial charge is 0.484 e. The Morgan fingerprint density at radius 2 is 2.17 bits per heavy atom. The van der Waals surface area contributed by atoms with E-state index < -0.39 is 0 Å². The number of hydrogen-bond donors (Lipinski definition) is 1. The number of ether oxygens (including phenoxy) is 1. The summed E-state index contributed by atoms with van der Waals surface area (Å²) in [6, 6.07) is 7.12. The summed E-state index contributed by atoms with van der Waals surface area (Å²) in [4.78, 5) is 13.7. The molecule has 1 aliphatic heterocycles. The number of likely N-dealkylation sites (tertiary alicyclic amines) is 1. The van der Waals surface area contributed by atoms with E-state index in [1.54, 1.807) is 24.3 Å². The zero-order valence-electron chi connectivity index (χ0n) is 10.6. The number of aliphatic hydroxyl groups is 1. The Balaban J connectivity index is 1.81. The second-order valence-corrected chi connectivity index (χ2v) is 4.82. The molecule has 0 radical (unpaired) electrons. The number of hydrogen-bond acceptors (Lipinski definition) is 3. The molecule has 1 aliphatic rings. The number of benzene rings is 1. The van der Waals surface area contributed by atoms with Gasteiger partial charge in [0.05, 0.1) is 6.61 Å². The predicted molar refractivity (Wildman–Crippen MR) is 68.2 cm³/mol. The highest BCUT2D eigenvalue weighted by molar-refractivity contribution is 5.78. The topological polar surface area (TPSA) is 49.8 Å². The van der Waals surface area contributed by atoms with Gasteiger partial charge < -0.3 is 14.7 Å². The molecule has 1 heterocycles. The van der Waals surface area contributed by atoms with Gasteiger partial charge in [0.15, 0.2) is 6.61 Å². The molecule has 1 aromatic rings. The van der Waals surface area contributed by atoms with Gasteiger partial charge in [-0.2, -0.15) is 0 Å². The summed E-state index contributed by atoms with van der Waals surface area (Å²) in [6.45, 7) is 3.94. The van der Waals surface area contributed by atoms with Gasteiger partial charge in [-0.1, -0.05) is 19.1 Å². The van der Waals surface area contributed by atoms with Crippen molar-refractivity contribution in [3.8, 4) is 5.75 Å². The lowest BCUT2D eigenvalue weighted by atomic mass is 10.2. The van der Waals surface area contributed by atoms with Crippen molar-refractivity contribution in [2.45, 2.75) is 20.0 Å². The van der Waals surface area contributed by atoms with Crippen molar-refractivity contribution < 1.29 is 14.6 Å². The summed E-state index contributed by atoms with van der Waals surface area (Å²) in [6.07, 6.45) is 1.08. The molecule has 1 fully saturated rings. The zero-order valence-corrected chi connectivity index (χ0v) is 10.6. The minimum absolute atomic E-state index is 0.0187. The third kappa shape index (κ3) is 3.23. The highest BCUT2D eigenvalue weighted by Crippen LogP contribution is 2.16. The first-order chi connectivity index (χ1) is 8.69. The van der Waals surface area contributed by atoms with Gasteiger partial charge in [-0.25, -0.2) is 0 Å². The number of nitrogens with zero attached hydrogens (tertiary/aromatic N) is 1. The van der Waals surface area contributed by atoms with Crippen LogP contribution < -0.4 is 4.74 Å². The van der Waals surface area contributed by atoms with Crippen LogP contribution in [0.4, 0.5) is 0 Å². The third-order valence-electron chi connectivity index (χ3n) is 3.24. The van der Waals surface area contributed by atoms with Crippen LogP contribution in [0.25, 0.3) is 0 Å². The van der Waals surface area contributed by atoms with Crippen LogP contribution in [0.5, 0.6) is 5.75 Å². The van der Waals surface area contributed by atoms with E-state index in [1.165, 1.54) is 0 Å². The summed E-state index contributed by atoms with van der Waals surface area (Å²) in [5.41, 5.74) is 0.835. The molecule has 0 aromatic heterocycles. The highest BCUT2D eigenvalue weighted by atomic mass is 16.5. The van der Waals surface area contributed by atoms with Crippen LogP contribution in [0, 0.1) is 5.92 Å². The minimum Gasteiger partial charge on any atom is -0.484 e. The number of carbonyl (C=O) groups is 1. The van der Waals surface area contributed by atoms with Gasteiger partial charge in [-0.05, 0) is 30.0 Å². The van der Waals surface area contributed by atoms with Gasteiger partial charge in [0.25, 0.3) is 5.91 Å². The molecule has 1 aromatic carbocycles. The Kier molecular flexibility index (Phi) is 4.20. The fourth-order valence-corrected chi connectivity index (χ4v) is 2.09. The maximum absolute atomic E-state index is 11.8. The molecular weight excluding hydrogens is 230 g/mol. The molecule has 4 heteroatoms. The van der Waals surface area contributed by atoms with Crippen LogP contribution in [0.3, 0.4) is 0 Å². The van der Waals surface area contributed by atoms with Crippen molar-refractivity contribution in [1.29, 1.82) is 0 Å². The molecule has 0 bridgehead atoms. The van der Waals surface area contributed by atoms with Crippen molar-refractivity contribution in [2.24, 2.45) is 5.92 Å². The smallest absolute Gasteiger partial charge is 0.260 e. The van der Waals surface area contributed by atoms with Crippen molar-refractivity contribution in [1.82, 2.24) is 4.90 Å². The van der Waals surface area contributed by atoms with Crippen molar-refractivity contribution in [2.75, 3.05) is 19.7 Å². The van der Waals surface area contributed by atoms with E-state index in [2.05, 4.69) is 6.92 Å².